The summed E-state index contributed by atoms with van der Waals surface area (Å²) < 4.78 is 0. The van der Waals surface area contributed by atoms with Crippen LogP contribution in [0.25, 0.3) is 11.1 Å². The zero-order chi connectivity index (χ0) is 24.5. The zero-order valence-corrected chi connectivity index (χ0v) is 19.1. The average molecular weight is 459 g/mol. The van der Waals surface area contributed by atoms with E-state index in [1.807, 2.05) is 42.5 Å². The standard InChI is InChI=1S/C29H22N4O2/c1-32(27-8-3-2-7-26(27)31)28(34)21-13-15-22(16-14-21)33-18-25-23(5-4-6-24(25)29(33)35)20-11-9-19(17-30)10-12-20/h2-16H,18,31H2,1H3. The minimum atomic E-state index is -0.186. The molecule has 0 radical (unpaired) electrons. The summed E-state index contributed by atoms with van der Waals surface area (Å²) in [5, 5.41) is 9.07. The third kappa shape index (κ3) is 3.90. The van der Waals surface area contributed by atoms with Gasteiger partial charge in [0.15, 0.2) is 0 Å². The molecule has 0 bridgehead atoms. The van der Waals surface area contributed by atoms with Crippen LogP contribution in [0.2, 0.25) is 0 Å². The quantitative estimate of drug-likeness (QED) is 0.423. The Kier molecular flexibility index (Phi) is 5.52. The monoisotopic (exact) mass is 458 g/mol. The van der Waals surface area contributed by atoms with Crippen LogP contribution in [0.3, 0.4) is 0 Å². The molecular weight excluding hydrogens is 436 g/mol. The summed E-state index contributed by atoms with van der Waals surface area (Å²) in [7, 11) is 1.69. The fourth-order valence-electron chi connectivity index (χ4n) is 4.42. The van der Waals surface area contributed by atoms with Crippen molar-refractivity contribution in [2.75, 3.05) is 22.6 Å². The van der Waals surface area contributed by atoms with Crippen molar-refractivity contribution < 1.29 is 9.59 Å². The van der Waals surface area contributed by atoms with Gasteiger partial charge in [0.1, 0.15) is 0 Å². The summed E-state index contributed by atoms with van der Waals surface area (Å²) in [5.41, 5.74) is 12.5. The Morgan fingerprint density at radius 1 is 0.914 bits per heavy atom. The first-order valence-corrected chi connectivity index (χ1v) is 11.1. The van der Waals surface area contributed by atoms with Gasteiger partial charge in [0.05, 0.1) is 29.6 Å². The number of fused-ring (bicyclic) bond motifs is 1. The van der Waals surface area contributed by atoms with E-state index < -0.39 is 0 Å². The molecule has 4 aromatic rings. The lowest BCUT2D eigenvalue weighted by molar-refractivity contribution is 0.0988. The molecule has 6 nitrogen and oxygen atoms in total. The Balaban J connectivity index is 1.40. The minimum absolute atomic E-state index is 0.0799. The SMILES string of the molecule is CN(C(=O)c1ccc(N2Cc3c(cccc3-c3ccc(C#N)cc3)C2=O)cc1)c1ccccc1N. The molecule has 0 aliphatic carbocycles. The molecule has 0 atom stereocenters. The van der Waals surface area contributed by atoms with Gasteiger partial charge in [0.2, 0.25) is 0 Å². The first-order valence-electron chi connectivity index (χ1n) is 11.1. The molecule has 0 spiro atoms. The number of para-hydroxylation sites is 2. The van der Waals surface area contributed by atoms with Gasteiger partial charge >= 0.3 is 0 Å². The Hall–Kier alpha value is -4.89. The van der Waals surface area contributed by atoms with Crippen LogP contribution in [0.1, 0.15) is 31.8 Å². The van der Waals surface area contributed by atoms with Crippen molar-refractivity contribution in [3.63, 3.8) is 0 Å². The van der Waals surface area contributed by atoms with Gasteiger partial charge in [-0.1, -0.05) is 36.4 Å². The lowest BCUT2D eigenvalue weighted by Gasteiger charge is -2.20. The second kappa shape index (κ2) is 8.81. The van der Waals surface area contributed by atoms with Gasteiger partial charge < -0.3 is 15.5 Å². The van der Waals surface area contributed by atoms with Gasteiger partial charge in [-0.05, 0) is 71.3 Å². The predicted molar refractivity (Wildman–Crippen MR) is 137 cm³/mol. The van der Waals surface area contributed by atoms with Crippen molar-refractivity contribution in [3.05, 3.63) is 113 Å². The van der Waals surface area contributed by atoms with E-state index >= 15 is 0 Å². The highest BCUT2D eigenvalue weighted by Crippen LogP contribution is 2.35. The Morgan fingerprint density at radius 3 is 2.29 bits per heavy atom. The van der Waals surface area contributed by atoms with Gasteiger partial charge in [-0.15, -0.1) is 0 Å². The van der Waals surface area contributed by atoms with Gasteiger partial charge in [0, 0.05) is 23.9 Å². The van der Waals surface area contributed by atoms with Crippen molar-refractivity contribution in [1.29, 1.82) is 5.26 Å². The first-order chi connectivity index (χ1) is 17.0. The largest absolute Gasteiger partial charge is 0.397 e. The smallest absolute Gasteiger partial charge is 0.258 e. The molecule has 0 saturated heterocycles. The lowest BCUT2D eigenvalue weighted by atomic mass is 9.96. The Labute approximate surface area is 203 Å². The maximum atomic E-state index is 13.2. The summed E-state index contributed by atoms with van der Waals surface area (Å²) in [4.78, 5) is 29.4. The van der Waals surface area contributed by atoms with E-state index in [9.17, 15) is 9.59 Å². The van der Waals surface area contributed by atoms with Crippen LogP contribution in [-0.4, -0.2) is 18.9 Å². The van der Waals surface area contributed by atoms with Gasteiger partial charge in [-0.3, -0.25) is 9.59 Å². The molecule has 2 N–H and O–H groups in total. The summed E-state index contributed by atoms with van der Waals surface area (Å²) in [6.45, 7) is 0.429. The van der Waals surface area contributed by atoms with E-state index in [1.165, 1.54) is 4.90 Å². The summed E-state index contributed by atoms with van der Waals surface area (Å²) in [6.07, 6.45) is 0. The van der Waals surface area contributed by atoms with E-state index in [0.29, 0.717) is 34.6 Å². The van der Waals surface area contributed by atoms with E-state index in [1.54, 1.807) is 60.5 Å². The number of amides is 2. The molecule has 6 heteroatoms. The summed E-state index contributed by atoms with van der Waals surface area (Å²) >= 11 is 0. The molecule has 2 amide bonds. The maximum absolute atomic E-state index is 13.2. The number of hydrogen-bond donors (Lipinski definition) is 1. The third-order valence-corrected chi connectivity index (χ3v) is 6.32. The van der Waals surface area contributed by atoms with Crippen LogP contribution in [0.4, 0.5) is 17.1 Å². The van der Waals surface area contributed by atoms with Crippen molar-refractivity contribution in [1.82, 2.24) is 0 Å². The first kappa shape index (κ1) is 21.9. The van der Waals surface area contributed by atoms with Crippen molar-refractivity contribution in [2.24, 2.45) is 0 Å². The van der Waals surface area contributed by atoms with Crippen LogP contribution >= 0.6 is 0 Å². The topological polar surface area (TPSA) is 90.4 Å². The fourth-order valence-corrected chi connectivity index (χ4v) is 4.42. The Morgan fingerprint density at radius 2 is 1.60 bits per heavy atom. The lowest BCUT2D eigenvalue weighted by Crippen LogP contribution is -2.27. The second-order valence-corrected chi connectivity index (χ2v) is 8.38. The van der Waals surface area contributed by atoms with Gasteiger partial charge in [-0.2, -0.15) is 5.26 Å². The number of nitriles is 1. The molecule has 5 rings (SSSR count). The molecule has 1 aliphatic heterocycles. The highest BCUT2D eigenvalue weighted by molar-refractivity contribution is 6.12. The number of benzene rings is 4. The zero-order valence-electron chi connectivity index (χ0n) is 19.1. The maximum Gasteiger partial charge on any atom is 0.258 e. The molecular formula is C29H22N4O2. The van der Waals surface area contributed by atoms with E-state index in [4.69, 9.17) is 11.0 Å². The predicted octanol–water partition coefficient (Wildman–Crippen LogP) is 5.24. The molecule has 35 heavy (non-hydrogen) atoms. The molecule has 1 heterocycles. The second-order valence-electron chi connectivity index (χ2n) is 8.38. The number of anilines is 3. The van der Waals surface area contributed by atoms with Crippen molar-refractivity contribution >= 4 is 28.9 Å². The molecule has 0 fully saturated rings. The van der Waals surface area contributed by atoms with Crippen LogP contribution in [-0.2, 0) is 6.54 Å². The number of carbonyl (C=O) groups excluding carboxylic acids is 2. The number of nitrogen functional groups attached to an aromatic ring is 1. The van der Waals surface area contributed by atoms with Crippen LogP contribution in [0, 0.1) is 11.3 Å². The van der Waals surface area contributed by atoms with E-state index in [-0.39, 0.29) is 11.8 Å². The number of nitrogens with two attached hydrogens (primary N) is 1. The van der Waals surface area contributed by atoms with E-state index in [2.05, 4.69) is 6.07 Å². The molecule has 0 aromatic heterocycles. The van der Waals surface area contributed by atoms with Gasteiger partial charge in [0.25, 0.3) is 11.8 Å². The molecule has 1 aliphatic rings. The van der Waals surface area contributed by atoms with Crippen LogP contribution in [0.5, 0.6) is 0 Å². The molecule has 4 aromatic carbocycles. The highest BCUT2D eigenvalue weighted by Gasteiger charge is 2.30. The van der Waals surface area contributed by atoms with E-state index in [0.717, 1.165) is 22.4 Å². The number of hydrogen-bond acceptors (Lipinski definition) is 4. The third-order valence-electron chi connectivity index (χ3n) is 6.32. The number of carbonyl (C=O) groups is 2. The molecule has 0 saturated carbocycles. The van der Waals surface area contributed by atoms with Crippen LogP contribution in [0.15, 0.2) is 91.0 Å². The van der Waals surface area contributed by atoms with Gasteiger partial charge in [-0.25, -0.2) is 0 Å². The summed E-state index contributed by atoms with van der Waals surface area (Å²) in [6, 6.07) is 29.4. The number of nitrogens with zero attached hydrogens (tertiary/aromatic N) is 3. The normalized spacial score (nSPS) is 12.2. The number of rotatable bonds is 4. The Bertz CT molecular complexity index is 1480. The fraction of sp³-hybridized carbons (Fsp3) is 0.0690. The van der Waals surface area contributed by atoms with Crippen molar-refractivity contribution in [3.8, 4) is 17.2 Å². The highest BCUT2D eigenvalue weighted by atomic mass is 16.2. The molecule has 0 unspecified atom stereocenters. The molecule has 170 valence electrons. The summed E-state index contributed by atoms with van der Waals surface area (Å²) in [5.74, 6) is -0.266. The average Bonchev–Trinajstić information content (AvgIpc) is 3.25. The van der Waals surface area contributed by atoms with Crippen molar-refractivity contribution in [2.45, 2.75) is 6.54 Å². The minimum Gasteiger partial charge on any atom is -0.397 e. The van der Waals surface area contributed by atoms with Crippen LogP contribution < -0.4 is 15.5 Å².